The Morgan fingerprint density at radius 1 is 1.43 bits per heavy atom. The number of aromatic nitrogens is 1. The molecule has 1 aromatic heterocycles. The number of methoxy groups -OCH3 is 1. The van der Waals surface area contributed by atoms with Gasteiger partial charge in [0.25, 0.3) is 0 Å². The Morgan fingerprint density at radius 3 is 3.09 bits per heavy atom. The van der Waals surface area contributed by atoms with Gasteiger partial charge < -0.3 is 9.47 Å². The summed E-state index contributed by atoms with van der Waals surface area (Å²) in [5.41, 5.74) is 3.33. The zero-order valence-corrected chi connectivity index (χ0v) is 13.6. The highest BCUT2D eigenvalue weighted by atomic mass is 16.5. The van der Waals surface area contributed by atoms with Crippen LogP contribution in [-0.2, 0) is 20.8 Å². The topological polar surface area (TPSA) is 51.7 Å². The van der Waals surface area contributed by atoms with Gasteiger partial charge in [0.2, 0.25) is 0 Å². The van der Waals surface area contributed by atoms with Gasteiger partial charge in [0.05, 0.1) is 31.8 Å². The zero-order valence-electron chi connectivity index (χ0n) is 13.6. The fourth-order valence-electron chi connectivity index (χ4n) is 3.08. The van der Waals surface area contributed by atoms with Gasteiger partial charge >= 0.3 is 5.97 Å². The van der Waals surface area contributed by atoms with Crippen molar-refractivity contribution in [1.82, 2.24) is 9.88 Å². The zero-order chi connectivity index (χ0) is 16.2. The third-order valence-corrected chi connectivity index (χ3v) is 4.17. The first kappa shape index (κ1) is 15.9. The van der Waals surface area contributed by atoms with Gasteiger partial charge in [-0.3, -0.25) is 14.7 Å². The third kappa shape index (κ3) is 3.86. The number of hydrogen-bond acceptors (Lipinski definition) is 5. The standard InChI is InChI=1S/C18H22N2O3/c1-13-9-14(16-5-3-4-6-17(16)19-13)11-20-7-8-23-15(12-20)10-18(21)22-2/h3-6,9,15H,7-8,10-12H2,1-2H3/t15-/m1/s1. The van der Waals surface area contributed by atoms with Crippen LogP contribution in [0.2, 0.25) is 0 Å². The normalized spacial score (nSPS) is 19.0. The SMILES string of the molecule is COC(=O)C[C@@H]1CN(Cc2cc(C)nc3ccccc23)CCO1. The molecule has 122 valence electrons. The minimum atomic E-state index is -0.220. The number of nitrogens with zero attached hydrogens (tertiary/aromatic N) is 2. The van der Waals surface area contributed by atoms with Crippen LogP contribution >= 0.6 is 0 Å². The van der Waals surface area contributed by atoms with E-state index in [1.54, 1.807) is 0 Å². The molecule has 2 aromatic rings. The average molecular weight is 314 g/mol. The van der Waals surface area contributed by atoms with E-state index >= 15 is 0 Å². The molecule has 0 saturated carbocycles. The minimum Gasteiger partial charge on any atom is -0.469 e. The summed E-state index contributed by atoms with van der Waals surface area (Å²) < 4.78 is 10.4. The molecule has 3 rings (SSSR count). The van der Waals surface area contributed by atoms with Crippen LogP contribution in [-0.4, -0.2) is 48.8 Å². The van der Waals surface area contributed by atoms with Crippen molar-refractivity contribution in [1.29, 1.82) is 0 Å². The van der Waals surface area contributed by atoms with Gasteiger partial charge in [0, 0.05) is 30.7 Å². The molecule has 0 spiro atoms. The predicted molar refractivity (Wildman–Crippen MR) is 88.1 cm³/mol. The molecule has 1 fully saturated rings. The number of rotatable bonds is 4. The molecule has 5 heteroatoms. The van der Waals surface area contributed by atoms with E-state index in [1.807, 2.05) is 25.1 Å². The van der Waals surface area contributed by atoms with Gasteiger partial charge in [-0.1, -0.05) is 18.2 Å². The highest BCUT2D eigenvalue weighted by Crippen LogP contribution is 2.21. The molecule has 0 unspecified atom stereocenters. The number of benzene rings is 1. The molecule has 1 atom stereocenters. The van der Waals surface area contributed by atoms with Gasteiger partial charge in [0.15, 0.2) is 0 Å². The quantitative estimate of drug-likeness (QED) is 0.811. The molecular formula is C18H22N2O3. The largest absolute Gasteiger partial charge is 0.469 e. The van der Waals surface area contributed by atoms with E-state index in [-0.39, 0.29) is 12.1 Å². The molecule has 0 radical (unpaired) electrons. The van der Waals surface area contributed by atoms with Crippen molar-refractivity contribution in [3.8, 4) is 0 Å². The number of carbonyl (C=O) groups excluding carboxylic acids is 1. The molecule has 23 heavy (non-hydrogen) atoms. The molecule has 2 heterocycles. The van der Waals surface area contributed by atoms with Crippen LogP contribution < -0.4 is 0 Å². The number of hydrogen-bond donors (Lipinski definition) is 0. The Labute approximate surface area is 136 Å². The Kier molecular flexibility index (Phi) is 4.88. The molecule has 1 aliphatic heterocycles. The van der Waals surface area contributed by atoms with Gasteiger partial charge in [-0.2, -0.15) is 0 Å². The van der Waals surface area contributed by atoms with Gasteiger partial charge in [-0.05, 0) is 24.6 Å². The second kappa shape index (κ2) is 7.06. The van der Waals surface area contributed by atoms with E-state index in [4.69, 9.17) is 9.47 Å². The maximum absolute atomic E-state index is 11.4. The van der Waals surface area contributed by atoms with Crippen molar-refractivity contribution in [3.63, 3.8) is 0 Å². The van der Waals surface area contributed by atoms with Crippen LogP contribution in [0.5, 0.6) is 0 Å². The van der Waals surface area contributed by atoms with Crippen molar-refractivity contribution >= 4 is 16.9 Å². The first-order valence-electron chi connectivity index (χ1n) is 7.92. The first-order chi connectivity index (χ1) is 11.2. The number of carbonyl (C=O) groups is 1. The minimum absolute atomic E-state index is 0.0922. The number of morpholine rings is 1. The van der Waals surface area contributed by atoms with Crippen LogP contribution in [0, 0.1) is 6.92 Å². The highest BCUT2D eigenvalue weighted by molar-refractivity contribution is 5.82. The van der Waals surface area contributed by atoms with Crippen LogP contribution in [0.1, 0.15) is 17.7 Å². The number of esters is 1. The van der Waals surface area contributed by atoms with Crippen LogP contribution in [0.4, 0.5) is 0 Å². The molecule has 1 aliphatic rings. The number of aryl methyl sites for hydroxylation is 1. The van der Waals surface area contributed by atoms with E-state index < -0.39 is 0 Å². The summed E-state index contributed by atoms with van der Waals surface area (Å²) in [5.74, 6) is -0.220. The molecule has 1 saturated heterocycles. The monoisotopic (exact) mass is 314 g/mol. The summed E-state index contributed by atoms with van der Waals surface area (Å²) in [6, 6.07) is 10.4. The lowest BCUT2D eigenvalue weighted by Gasteiger charge is -2.32. The van der Waals surface area contributed by atoms with Crippen molar-refractivity contribution in [2.75, 3.05) is 26.8 Å². The van der Waals surface area contributed by atoms with Crippen LogP contribution in [0.15, 0.2) is 30.3 Å². The summed E-state index contributed by atoms with van der Waals surface area (Å²) in [7, 11) is 1.41. The lowest BCUT2D eigenvalue weighted by Crippen LogP contribution is -2.42. The van der Waals surface area contributed by atoms with Gasteiger partial charge in [-0.25, -0.2) is 0 Å². The van der Waals surface area contributed by atoms with E-state index in [0.29, 0.717) is 13.0 Å². The third-order valence-electron chi connectivity index (χ3n) is 4.17. The second-order valence-corrected chi connectivity index (χ2v) is 5.95. The van der Waals surface area contributed by atoms with E-state index in [1.165, 1.54) is 18.1 Å². The number of pyridine rings is 1. The lowest BCUT2D eigenvalue weighted by atomic mass is 10.1. The Bertz CT molecular complexity index is 702. The first-order valence-corrected chi connectivity index (χ1v) is 7.92. The molecule has 5 nitrogen and oxygen atoms in total. The highest BCUT2D eigenvalue weighted by Gasteiger charge is 2.23. The number of fused-ring (bicyclic) bond motifs is 1. The Balaban J connectivity index is 1.75. The summed E-state index contributed by atoms with van der Waals surface area (Å²) in [5, 5.41) is 1.19. The van der Waals surface area contributed by atoms with Crippen molar-refractivity contribution < 1.29 is 14.3 Å². The summed E-state index contributed by atoms with van der Waals surface area (Å²) in [4.78, 5) is 18.4. The van der Waals surface area contributed by atoms with Crippen molar-refractivity contribution in [2.45, 2.75) is 26.0 Å². The Morgan fingerprint density at radius 2 is 2.26 bits per heavy atom. The van der Waals surface area contributed by atoms with E-state index in [0.717, 1.165) is 30.8 Å². The van der Waals surface area contributed by atoms with E-state index in [2.05, 4.69) is 22.0 Å². The maximum Gasteiger partial charge on any atom is 0.308 e. The second-order valence-electron chi connectivity index (χ2n) is 5.95. The number of ether oxygens (including phenoxy) is 2. The predicted octanol–water partition coefficient (Wildman–Crippen LogP) is 2.31. The molecule has 0 bridgehead atoms. The molecular weight excluding hydrogens is 292 g/mol. The fourth-order valence-corrected chi connectivity index (χ4v) is 3.08. The molecule has 0 amide bonds. The molecule has 0 aliphatic carbocycles. The smallest absolute Gasteiger partial charge is 0.308 e. The summed E-state index contributed by atoms with van der Waals surface area (Å²) in [6.45, 7) is 5.11. The molecule has 1 aromatic carbocycles. The summed E-state index contributed by atoms with van der Waals surface area (Å²) in [6.07, 6.45) is 0.216. The lowest BCUT2D eigenvalue weighted by molar-refractivity contribution is -0.145. The fraction of sp³-hybridized carbons (Fsp3) is 0.444. The van der Waals surface area contributed by atoms with Gasteiger partial charge in [-0.15, -0.1) is 0 Å². The average Bonchev–Trinajstić information content (AvgIpc) is 2.55. The maximum atomic E-state index is 11.4. The van der Waals surface area contributed by atoms with Gasteiger partial charge in [0.1, 0.15) is 0 Å². The van der Waals surface area contributed by atoms with E-state index in [9.17, 15) is 4.79 Å². The van der Waals surface area contributed by atoms with Crippen LogP contribution in [0.25, 0.3) is 10.9 Å². The summed E-state index contributed by atoms with van der Waals surface area (Å²) >= 11 is 0. The van der Waals surface area contributed by atoms with Crippen molar-refractivity contribution in [3.05, 3.63) is 41.6 Å². The van der Waals surface area contributed by atoms with Crippen molar-refractivity contribution in [2.24, 2.45) is 0 Å². The van der Waals surface area contributed by atoms with Crippen LogP contribution in [0.3, 0.4) is 0 Å². The number of para-hydroxylation sites is 1. The Hall–Kier alpha value is -1.98. The molecule has 0 N–H and O–H groups in total.